The van der Waals surface area contributed by atoms with E-state index >= 15 is 0 Å². The Kier molecular flexibility index (Phi) is 9.94. The van der Waals surface area contributed by atoms with E-state index in [9.17, 15) is 19.2 Å². The molecule has 0 saturated carbocycles. The molecule has 0 bridgehead atoms. The first-order valence-corrected chi connectivity index (χ1v) is 8.05. The Morgan fingerprint density at radius 1 is 0.769 bits per heavy atom. The number of hydrogen-bond donors (Lipinski definition) is 0. The van der Waals surface area contributed by atoms with Crippen molar-refractivity contribution < 1.29 is 38.1 Å². The van der Waals surface area contributed by atoms with E-state index in [1.807, 2.05) is 0 Å². The van der Waals surface area contributed by atoms with Gasteiger partial charge in [0.15, 0.2) is 12.2 Å². The van der Waals surface area contributed by atoms with Crippen LogP contribution in [0.5, 0.6) is 0 Å². The normalized spacial score (nSPS) is 13.6. The molecule has 3 atom stereocenters. The largest absolute Gasteiger partial charge is 0.463 e. The molecule has 3 unspecified atom stereocenters. The molecule has 0 aliphatic rings. The lowest BCUT2D eigenvalue weighted by Crippen LogP contribution is -2.30. The van der Waals surface area contributed by atoms with E-state index in [1.165, 1.54) is 27.7 Å². The van der Waals surface area contributed by atoms with Gasteiger partial charge in [0, 0.05) is 17.6 Å². The van der Waals surface area contributed by atoms with Gasteiger partial charge in [-0.25, -0.2) is 19.2 Å². The van der Waals surface area contributed by atoms with Crippen molar-refractivity contribution in [3.05, 3.63) is 24.3 Å². The molecular formula is C18H26O8. The molecule has 8 nitrogen and oxygen atoms in total. The maximum Gasteiger partial charge on any atom is 0.347 e. The Balaban J connectivity index is 4.20. The third-order valence-electron chi connectivity index (χ3n) is 3.01. The smallest absolute Gasteiger partial charge is 0.347 e. The quantitative estimate of drug-likeness (QED) is 0.326. The van der Waals surface area contributed by atoms with Crippen LogP contribution in [0.1, 0.15) is 41.0 Å². The third kappa shape index (κ3) is 9.00. The molecule has 0 aromatic rings. The highest BCUT2D eigenvalue weighted by molar-refractivity contribution is 5.89. The van der Waals surface area contributed by atoms with Crippen LogP contribution in [0.2, 0.25) is 0 Å². The van der Waals surface area contributed by atoms with Crippen LogP contribution in [0.3, 0.4) is 0 Å². The maximum atomic E-state index is 11.8. The van der Waals surface area contributed by atoms with Gasteiger partial charge in [0.25, 0.3) is 0 Å². The summed E-state index contributed by atoms with van der Waals surface area (Å²) in [6.07, 6.45) is -2.50. The second-order valence-electron chi connectivity index (χ2n) is 5.86. The summed E-state index contributed by atoms with van der Waals surface area (Å²) in [4.78, 5) is 46.2. The molecule has 146 valence electrons. The molecule has 26 heavy (non-hydrogen) atoms. The standard InChI is InChI=1S/C18H26O8/c1-10(2)15(19)25-13(6)17(21)23-9-8-12(5)24-18(22)14(7)26-16(20)11(3)4/h12-14H,1,3,8-9H2,2,4-7H3. The Morgan fingerprint density at radius 2 is 1.19 bits per heavy atom. The van der Waals surface area contributed by atoms with Crippen LogP contribution in [-0.4, -0.2) is 48.8 Å². The van der Waals surface area contributed by atoms with Gasteiger partial charge in [0.05, 0.1) is 6.61 Å². The average Bonchev–Trinajstić information content (AvgIpc) is 2.53. The Bertz CT molecular complexity index is 578. The monoisotopic (exact) mass is 370 g/mol. The first kappa shape index (κ1) is 23.4. The van der Waals surface area contributed by atoms with Crippen molar-refractivity contribution in [3.8, 4) is 0 Å². The fourth-order valence-corrected chi connectivity index (χ4v) is 1.41. The lowest BCUT2D eigenvalue weighted by Gasteiger charge is -2.18. The van der Waals surface area contributed by atoms with Crippen LogP contribution in [0.4, 0.5) is 0 Å². The molecule has 0 aromatic heterocycles. The fourth-order valence-electron chi connectivity index (χ4n) is 1.41. The zero-order valence-corrected chi connectivity index (χ0v) is 15.8. The maximum absolute atomic E-state index is 11.8. The first-order chi connectivity index (χ1) is 12.0. The van der Waals surface area contributed by atoms with E-state index < -0.39 is 42.2 Å². The highest BCUT2D eigenvalue weighted by atomic mass is 16.6. The minimum atomic E-state index is -1.08. The second-order valence-corrected chi connectivity index (χ2v) is 5.86. The van der Waals surface area contributed by atoms with Crippen molar-refractivity contribution in [2.45, 2.75) is 59.4 Å². The van der Waals surface area contributed by atoms with Gasteiger partial charge in [-0.15, -0.1) is 0 Å². The minimum absolute atomic E-state index is 0.0395. The van der Waals surface area contributed by atoms with Crippen molar-refractivity contribution in [2.75, 3.05) is 6.61 Å². The van der Waals surface area contributed by atoms with Gasteiger partial charge in [0.2, 0.25) is 0 Å². The van der Waals surface area contributed by atoms with Crippen molar-refractivity contribution >= 4 is 23.9 Å². The molecule has 0 saturated heterocycles. The van der Waals surface area contributed by atoms with E-state index in [1.54, 1.807) is 6.92 Å². The minimum Gasteiger partial charge on any atom is -0.463 e. The van der Waals surface area contributed by atoms with Gasteiger partial charge < -0.3 is 18.9 Å². The first-order valence-electron chi connectivity index (χ1n) is 8.05. The number of rotatable bonds is 10. The van der Waals surface area contributed by atoms with E-state index in [0.717, 1.165) is 0 Å². The van der Waals surface area contributed by atoms with Crippen molar-refractivity contribution in [2.24, 2.45) is 0 Å². The van der Waals surface area contributed by atoms with Crippen molar-refractivity contribution in [1.29, 1.82) is 0 Å². The second kappa shape index (κ2) is 11.1. The molecular weight excluding hydrogens is 344 g/mol. The zero-order valence-electron chi connectivity index (χ0n) is 15.8. The van der Waals surface area contributed by atoms with Crippen molar-refractivity contribution in [3.63, 3.8) is 0 Å². The fraction of sp³-hybridized carbons (Fsp3) is 0.556. The molecule has 0 aromatic carbocycles. The average molecular weight is 370 g/mol. The Labute approximate surface area is 153 Å². The number of carbonyl (C=O) groups excluding carboxylic acids is 4. The van der Waals surface area contributed by atoms with Gasteiger partial charge >= 0.3 is 23.9 Å². The van der Waals surface area contributed by atoms with E-state index in [-0.39, 0.29) is 24.2 Å². The van der Waals surface area contributed by atoms with Crippen LogP contribution >= 0.6 is 0 Å². The SMILES string of the molecule is C=C(C)C(=O)OC(C)C(=O)OCCC(C)OC(=O)C(C)OC(=O)C(=C)C. The number of esters is 4. The molecule has 0 rings (SSSR count). The Hall–Kier alpha value is -2.64. The number of hydrogen-bond acceptors (Lipinski definition) is 8. The summed E-state index contributed by atoms with van der Waals surface area (Å²) in [6.45, 7) is 14.1. The van der Waals surface area contributed by atoms with Gasteiger partial charge in [-0.3, -0.25) is 0 Å². The summed E-state index contributed by atoms with van der Waals surface area (Å²) in [7, 11) is 0. The molecule has 0 radical (unpaired) electrons. The lowest BCUT2D eigenvalue weighted by atomic mass is 10.3. The van der Waals surface area contributed by atoms with Crippen LogP contribution < -0.4 is 0 Å². The molecule has 0 spiro atoms. The number of ether oxygens (including phenoxy) is 4. The van der Waals surface area contributed by atoms with Gasteiger partial charge in [-0.2, -0.15) is 0 Å². The summed E-state index contributed by atoms with van der Waals surface area (Å²) >= 11 is 0. The van der Waals surface area contributed by atoms with E-state index in [2.05, 4.69) is 13.2 Å². The van der Waals surface area contributed by atoms with Crippen molar-refractivity contribution in [1.82, 2.24) is 0 Å². The predicted molar refractivity (Wildman–Crippen MR) is 91.9 cm³/mol. The lowest BCUT2D eigenvalue weighted by molar-refractivity contribution is -0.169. The van der Waals surface area contributed by atoms with E-state index in [0.29, 0.717) is 0 Å². The Morgan fingerprint density at radius 3 is 1.62 bits per heavy atom. The van der Waals surface area contributed by atoms with E-state index in [4.69, 9.17) is 18.9 Å². The topological polar surface area (TPSA) is 105 Å². The third-order valence-corrected chi connectivity index (χ3v) is 3.01. The number of carbonyl (C=O) groups is 4. The van der Waals surface area contributed by atoms with Crippen LogP contribution in [0, 0.1) is 0 Å². The molecule has 0 amide bonds. The summed E-state index contributed by atoms with van der Waals surface area (Å²) in [5.74, 6) is -2.81. The van der Waals surface area contributed by atoms with Gasteiger partial charge in [0.1, 0.15) is 6.10 Å². The highest BCUT2D eigenvalue weighted by Gasteiger charge is 2.23. The summed E-state index contributed by atoms with van der Waals surface area (Å²) in [6, 6.07) is 0. The highest BCUT2D eigenvalue weighted by Crippen LogP contribution is 2.06. The molecule has 0 N–H and O–H groups in total. The van der Waals surface area contributed by atoms with Crippen LogP contribution in [0.15, 0.2) is 24.3 Å². The molecule has 0 fully saturated rings. The van der Waals surface area contributed by atoms with Crippen LogP contribution in [0.25, 0.3) is 0 Å². The zero-order chi connectivity index (χ0) is 20.4. The van der Waals surface area contributed by atoms with Gasteiger partial charge in [-0.05, 0) is 34.6 Å². The van der Waals surface area contributed by atoms with Crippen LogP contribution in [-0.2, 0) is 38.1 Å². The van der Waals surface area contributed by atoms with Gasteiger partial charge in [-0.1, -0.05) is 13.2 Å². The molecule has 0 aliphatic carbocycles. The molecule has 8 heteroatoms. The predicted octanol–water partition coefficient (Wildman–Crippen LogP) is 1.87. The summed E-state index contributed by atoms with van der Waals surface area (Å²) in [5, 5.41) is 0. The molecule has 0 aliphatic heterocycles. The summed E-state index contributed by atoms with van der Waals surface area (Å²) < 4.78 is 19.7. The molecule has 0 heterocycles. The summed E-state index contributed by atoms with van der Waals surface area (Å²) in [5.41, 5.74) is 0.345.